The molecular formula is C18H16F3N5O3. The minimum absolute atomic E-state index is 0.124. The Labute approximate surface area is 163 Å². The number of alkyl halides is 2. The van der Waals surface area contributed by atoms with Gasteiger partial charge in [0, 0.05) is 30.4 Å². The number of nitrogens with zero attached hydrogens (tertiary/aromatic N) is 4. The molecule has 1 N–H and O–H groups in total. The molecule has 0 atom stereocenters. The van der Waals surface area contributed by atoms with Crippen molar-refractivity contribution in [3.8, 4) is 17.0 Å². The van der Waals surface area contributed by atoms with E-state index in [4.69, 9.17) is 9.26 Å². The van der Waals surface area contributed by atoms with Crippen molar-refractivity contribution in [1.29, 1.82) is 0 Å². The van der Waals surface area contributed by atoms with Gasteiger partial charge in [0.15, 0.2) is 0 Å². The van der Waals surface area contributed by atoms with Gasteiger partial charge in [-0.2, -0.15) is 13.8 Å². The second kappa shape index (κ2) is 7.59. The quantitative estimate of drug-likeness (QED) is 0.688. The molecule has 0 amide bonds. The van der Waals surface area contributed by atoms with E-state index in [-0.39, 0.29) is 36.2 Å². The highest BCUT2D eigenvalue weighted by Gasteiger charge is 2.37. The van der Waals surface area contributed by atoms with E-state index in [1.807, 2.05) is 0 Å². The summed E-state index contributed by atoms with van der Waals surface area (Å²) in [5.74, 6) is 0.505. The predicted octanol–water partition coefficient (Wildman–Crippen LogP) is 3.45. The first-order valence-corrected chi connectivity index (χ1v) is 8.61. The zero-order chi connectivity index (χ0) is 20.4. The molecule has 1 aliphatic heterocycles. The molecule has 0 unspecified atom stereocenters. The molecule has 152 valence electrons. The lowest BCUT2D eigenvalue weighted by atomic mass is 10.1. The molecule has 1 aliphatic rings. The average Bonchev–Trinajstić information content (AvgIpc) is 3.15. The Hall–Kier alpha value is -3.34. The number of rotatable bonds is 5. The summed E-state index contributed by atoms with van der Waals surface area (Å²) in [5.41, 5.74) is 0.510. The van der Waals surface area contributed by atoms with Gasteiger partial charge in [-0.05, 0) is 18.2 Å². The van der Waals surface area contributed by atoms with Crippen LogP contribution in [0.15, 0.2) is 41.1 Å². The van der Waals surface area contributed by atoms with Crippen LogP contribution in [-0.2, 0) is 4.74 Å². The van der Waals surface area contributed by atoms with Gasteiger partial charge in [0.1, 0.15) is 29.6 Å². The number of hydrogen-bond donors (Lipinski definition) is 1. The van der Waals surface area contributed by atoms with E-state index < -0.39 is 18.5 Å². The molecule has 1 fully saturated rings. The van der Waals surface area contributed by atoms with Crippen molar-refractivity contribution in [3.63, 3.8) is 0 Å². The first-order chi connectivity index (χ1) is 13.9. The fraction of sp³-hybridized carbons (Fsp3) is 0.278. The number of halogens is 3. The fourth-order valence-corrected chi connectivity index (χ4v) is 2.81. The third-order valence-electron chi connectivity index (χ3n) is 4.19. The Bertz CT molecular complexity index is 1010. The van der Waals surface area contributed by atoms with Gasteiger partial charge in [-0.1, -0.05) is 5.16 Å². The normalized spacial score (nSPS) is 15.9. The van der Waals surface area contributed by atoms with Gasteiger partial charge < -0.3 is 24.2 Å². The zero-order valence-electron chi connectivity index (χ0n) is 15.2. The predicted molar refractivity (Wildman–Crippen MR) is 96.9 cm³/mol. The van der Waals surface area contributed by atoms with E-state index in [9.17, 15) is 13.2 Å². The standard InChI is InChI=1S/C18H16F3N5O3/c1-27-11-2-3-12(13(19)8-11)14-9-16(29-25-14)23-15-4-5-22-17(24-15)26-6-7-28-18(20,21)10-26/h2-5,8-9H,6-7,10H2,1H3,(H,22,23,24). The number of morpholine rings is 1. The minimum atomic E-state index is -3.26. The Balaban J connectivity index is 1.51. The second-order valence-corrected chi connectivity index (χ2v) is 6.20. The topological polar surface area (TPSA) is 85.5 Å². The summed E-state index contributed by atoms with van der Waals surface area (Å²) < 4.78 is 55.6. The Morgan fingerprint density at radius 2 is 2.10 bits per heavy atom. The molecule has 8 nitrogen and oxygen atoms in total. The summed E-state index contributed by atoms with van der Waals surface area (Å²) >= 11 is 0. The summed E-state index contributed by atoms with van der Waals surface area (Å²) in [6, 6.07) is 7.41. The lowest BCUT2D eigenvalue weighted by Crippen LogP contribution is -2.47. The van der Waals surface area contributed by atoms with Gasteiger partial charge in [-0.25, -0.2) is 9.37 Å². The largest absolute Gasteiger partial charge is 0.497 e. The molecule has 3 aromatic rings. The van der Waals surface area contributed by atoms with Crippen LogP contribution in [0, 0.1) is 5.82 Å². The van der Waals surface area contributed by atoms with Crippen LogP contribution in [0.4, 0.5) is 30.8 Å². The first kappa shape index (κ1) is 19.0. The molecule has 0 spiro atoms. The molecule has 0 aliphatic carbocycles. The number of benzene rings is 1. The van der Waals surface area contributed by atoms with Gasteiger partial charge in [0.25, 0.3) is 0 Å². The van der Waals surface area contributed by atoms with Crippen LogP contribution in [0.25, 0.3) is 11.3 Å². The van der Waals surface area contributed by atoms with Crippen LogP contribution in [0.3, 0.4) is 0 Å². The van der Waals surface area contributed by atoms with Crippen LogP contribution in [0.5, 0.6) is 5.75 Å². The molecule has 4 rings (SSSR count). The van der Waals surface area contributed by atoms with Gasteiger partial charge in [-0.15, -0.1) is 0 Å². The summed E-state index contributed by atoms with van der Waals surface area (Å²) in [4.78, 5) is 9.57. The van der Waals surface area contributed by atoms with E-state index in [0.717, 1.165) is 0 Å². The lowest BCUT2D eigenvalue weighted by Gasteiger charge is -2.32. The summed E-state index contributed by atoms with van der Waals surface area (Å²) in [6.45, 7) is -0.533. The molecule has 29 heavy (non-hydrogen) atoms. The maximum atomic E-state index is 14.2. The molecular weight excluding hydrogens is 391 g/mol. The van der Waals surface area contributed by atoms with Crippen molar-refractivity contribution in [2.75, 3.05) is 37.0 Å². The van der Waals surface area contributed by atoms with Crippen molar-refractivity contribution in [1.82, 2.24) is 15.1 Å². The van der Waals surface area contributed by atoms with E-state index in [1.165, 1.54) is 42.5 Å². The summed E-state index contributed by atoms with van der Waals surface area (Å²) in [7, 11) is 1.45. The Morgan fingerprint density at radius 3 is 2.86 bits per heavy atom. The van der Waals surface area contributed by atoms with Crippen LogP contribution in [-0.4, -0.2) is 48.0 Å². The minimum Gasteiger partial charge on any atom is -0.497 e. The maximum absolute atomic E-state index is 14.2. The fourth-order valence-electron chi connectivity index (χ4n) is 2.81. The van der Waals surface area contributed by atoms with Crippen molar-refractivity contribution in [3.05, 3.63) is 42.3 Å². The SMILES string of the molecule is COc1ccc(-c2cc(Nc3ccnc(N4CCOC(F)(F)C4)n3)on2)c(F)c1. The number of hydrogen-bond acceptors (Lipinski definition) is 8. The van der Waals surface area contributed by atoms with E-state index >= 15 is 0 Å². The molecule has 3 heterocycles. The molecule has 0 radical (unpaired) electrons. The first-order valence-electron chi connectivity index (χ1n) is 8.61. The molecule has 1 saturated heterocycles. The molecule has 0 saturated carbocycles. The Morgan fingerprint density at radius 1 is 1.24 bits per heavy atom. The number of anilines is 3. The number of aromatic nitrogens is 3. The van der Waals surface area contributed by atoms with E-state index in [2.05, 4.69) is 25.2 Å². The number of nitrogens with one attached hydrogen (secondary N) is 1. The van der Waals surface area contributed by atoms with Gasteiger partial charge in [0.2, 0.25) is 11.8 Å². The molecule has 1 aromatic carbocycles. The number of methoxy groups -OCH3 is 1. The maximum Gasteiger partial charge on any atom is 0.373 e. The van der Waals surface area contributed by atoms with Crippen LogP contribution in [0.1, 0.15) is 0 Å². The molecule has 0 bridgehead atoms. The third kappa shape index (κ3) is 4.24. The molecule has 11 heteroatoms. The monoisotopic (exact) mass is 407 g/mol. The van der Waals surface area contributed by atoms with Gasteiger partial charge >= 0.3 is 6.11 Å². The molecule has 2 aromatic heterocycles. The van der Waals surface area contributed by atoms with Gasteiger partial charge in [-0.3, -0.25) is 0 Å². The highest BCUT2D eigenvalue weighted by atomic mass is 19.3. The zero-order valence-corrected chi connectivity index (χ0v) is 15.2. The van der Waals surface area contributed by atoms with Crippen LogP contribution in [0.2, 0.25) is 0 Å². The van der Waals surface area contributed by atoms with Crippen LogP contribution >= 0.6 is 0 Å². The van der Waals surface area contributed by atoms with Crippen molar-refractivity contribution < 1.29 is 27.2 Å². The van der Waals surface area contributed by atoms with E-state index in [0.29, 0.717) is 11.6 Å². The average molecular weight is 407 g/mol. The van der Waals surface area contributed by atoms with Crippen molar-refractivity contribution in [2.45, 2.75) is 6.11 Å². The summed E-state index contributed by atoms with van der Waals surface area (Å²) in [5, 5.41) is 6.71. The highest BCUT2D eigenvalue weighted by Crippen LogP contribution is 2.29. The van der Waals surface area contributed by atoms with E-state index in [1.54, 1.807) is 6.07 Å². The van der Waals surface area contributed by atoms with Crippen molar-refractivity contribution >= 4 is 17.7 Å². The highest BCUT2D eigenvalue weighted by molar-refractivity contribution is 5.65. The second-order valence-electron chi connectivity index (χ2n) is 6.20. The van der Waals surface area contributed by atoms with Gasteiger partial charge in [0.05, 0.1) is 13.7 Å². The van der Waals surface area contributed by atoms with Crippen molar-refractivity contribution in [2.24, 2.45) is 0 Å². The smallest absolute Gasteiger partial charge is 0.373 e. The summed E-state index contributed by atoms with van der Waals surface area (Å²) in [6.07, 6.45) is -1.83. The van der Waals surface area contributed by atoms with Crippen LogP contribution < -0.4 is 15.0 Å². The third-order valence-corrected chi connectivity index (χ3v) is 4.19. The number of ether oxygens (including phenoxy) is 2. The Kier molecular flexibility index (Phi) is 4.97. The lowest BCUT2D eigenvalue weighted by molar-refractivity contribution is -0.240.